The van der Waals surface area contributed by atoms with Gasteiger partial charge in [-0.3, -0.25) is 4.79 Å². The van der Waals surface area contributed by atoms with E-state index < -0.39 is 21.9 Å². The van der Waals surface area contributed by atoms with Crippen LogP contribution in [-0.4, -0.2) is 26.8 Å². The number of primary sulfonamides is 1. The molecule has 0 heterocycles. The SMILES string of the molecule is CCCCCCCCCCCCCCCC[NH3+].NS(=O)(=O)c1ccc(NC(=O)CCC(=O)[O-])cc1. The number of amides is 1. The third kappa shape index (κ3) is 21.1. The van der Waals surface area contributed by atoms with Gasteiger partial charge in [0, 0.05) is 18.1 Å². The zero-order valence-electron chi connectivity index (χ0n) is 21.6. The largest absolute Gasteiger partial charge is 0.550 e. The van der Waals surface area contributed by atoms with E-state index in [0.29, 0.717) is 5.69 Å². The summed E-state index contributed by atoms with van der Waals surface area (Å²) in [7, 11) is -3.77. The summed E-state index contributed by atoms with van der Waals surface area (Å²) < 4.78 is 21.9. The molecule has 0 atom stereocenters. The summed E-state index contributed by atoms with van der Waals surface area (Å²) in [4.78, 5) is 21.3. The quantitative estimate of drug-likeness (QED) is 0.241. The van der Waals surface area contributed by atoms with Crippen molar-refractivity contribution in [1.82, 2.24) is 0 Å². The zero-order chi connectivity index (χ0) is 26.4. The number of hydrogen-bond donors (Lipinski definition) is 3. The average Bonchev–Trinajstić information content (AvgIpc) is 2.81. The number of unbranched alkanes of at least 4 members (excludes halogenated alkanes) is 13. The Morgan fingerprint density at radius 3 is 1.60 bits per heavy atom. The first kappa shape index (κ1) is 33.0. The second-order valence-electron chi connectivity index (χ2n) is 8.94. The molecule has 1 aromatic carbocycles. The van der Waals surface area contributed by atoms with Gasteiger partial charge < -0.3 is 21.0 Å². The molecule has 0 saturated carbocycles. The van der Waals surface area contributed by atoms with Crippen molar-refractivity contribution in [2.45, 2.75) is 115 Å². The van der Waals surface area contributed by atoms with E-state index in [9.17, 15) is 23.1 Å². The van der Waals surface area contributed by atoms with Gasteiger partial charge >= 0.3 is 0 Å². The topological polar surface area (TPSA) is 157 Å². The number of rotatable bonds is 19. The lowest BCUT2D eigenvalue weighted by molar-refractivity contribution is -0.368. The summed E-state index contributed by atoms with van der Waals surface area (Å²) in [6, 6.07) is 5.20. The molecule has 202 valence electrons. The minimum absolute atomic E-state index is 0.0739. The number of quaternary nitrogens is 1. The Labute approximate surface area is 212 Å². The van der Waals surface area contributed by atoms with Gasteiger partial charge in [-0.25, -0.2) is 13.6 Å². The summed E-state index contributed by atoms with van der Waals surface area (Å²) in [5, 5.41) is 17.5. The van der Waals surface area contributed by atoms with Crippen molar-refractivity contribution in [3.8, 4) is 0 Å². The van der Waals surface area contributed by atoms with Gasteiger partial charge in [0.25, 0.3) is 0 Å². The van der Waals surface area contributed by atoms with Crippen LogP contribution >= 0.6 is 0 Å². The monoisotopic (exact) mass is 513 g/mol. The Balaban J connectivity index is 0.000000662. The van der Waals surface area contributed by atoms with Crippen LogP contribution in [0.15, 0.2) is 29.2 Å². The minimum atomic E-state index is -3.77. The number of carboxylic acids is 1. The molecule has 0 saturated heterocycles. The molecular weight excluding hydrogens is 466 g/mol. The Bertz CT molecular complexity index is 769. The first-order chi connectivity index (χ1) is 16.7. The lowest BCUT2D eigenvalue weighted by atomic mass is 10.0. The van der Waals surface area contributed by atoms with Crippen LogP contribution < -0.4 is 21.3 Å². The highest BCUT2D eigenvalue weighted by Gasteiger charge is 2.08. The van der Waals surface area contributed by atoms with Crippen LogP contribution in [0.5, 0.6) is 0 Å². The second kappa shape index (κ2) is 21.3. The molecular formula is C26H47N3O5S. The van der Waals surface area contributed by atoms with Gasteiger partial charge in [-0.15, -0.1) is 0 Å². The fourth-order valence-corrected chi connectivity index (χ4v) is 4.05. The third-order valence-electron chi connectivity index (χ3n) is 5.63. The van der Waals surface area contributed by atoms with Gasteiger partial charge in [-0.2, -0.15) is 0 Å². The summed E-state index contributed by atoms with van der Waals surface area (Å²) >= 11 is 0. The van der Waals surface area contributed by atoms with E-state index in [-0.39, 0.29) is 17.7 Å². The zero-order valence-corrected chi connectivity index (χ0v) is 22.4. The Morgan fingerprint density at radius 1 is 0.800 bits per heavy atom. The maximum atomic E-state index is 11.3. The Hall–Kier alpha value is -1.97. The number of carbonyl (C=O) groups is 2. The van der Waals surface area contributed by atoms with Crippen molar-refractivity contribution < 1.29 is 28.8 Å². The molecule has 1 amide bonds. The van der Waals surface area contributed by atoms with Gasteiger partial charge in [0.1, 0.15) is 0 Å². The van der Waals surface area contributed by atoms with Gasteiger partial charge in [-0.1, -0.05) is 84.0 Å². The first-order valence-corrected chi connectivity index (χ1v) is 14.7. The summed E-state index contributed by atoms with van der Waals surface area (Å²) in [5.41, 5.74) is 4.23. The second-order valence-corrected chi connectivity index (χ2v) is 10.5. The number of hydrogen-bond acceptors (Lipinski definition) is 5. The highest BCUT2D eigenvalue weighted by molar-refractivity contribution is 7.89. The van der Waals surface area contributed by atoms with E-state index in [4.69, 9.17) is 5.14 Å². The fraction of sp³-hybridized carbons (Fsp3) is 0.692. The maximum Gasteiger partial charge on any atom is 0.238 e. The first-order valence-electron chi connectivity index (χ1n) is 13.1. The van der Waals surface area contributed by atoms with E-state index in [2.05, 4.69) is 18.0 Å². The van der Waals surface area contributed by atoms with E-state index >= 15 is 0 Å². The normalized spacial score (nSPS) is 10.9. The van der Waals surface area contributed by atoms with Crippen LogP contribution in [0.3, 0.4) is 0 Å². The van der Waals surface area contributed by atoms with Crippen molar-refractivity contribution in [2.75, 3.05) is 11.9 Å². The summed E-state index contributed by atoms with van der Waals surface area (Å²) in [5.74, 6) is -1.81. The van der Waals surface area contributed by atoms with Crippen molar-refractivity contribution in [1.29, 1.82) is 0 Å². The number of anilines is 1. The molecule has 0 fully saturated rings. The summed E-state index contributed by atoms with van der Waals surface area (Å²) in [6.07, 6.45) is 19.6. The van der Waals surface area contributed by atoms with Crippen molar-refractivity contribution >= 4 is 27.6 Å². The van der Waals surface area contributed by atoms with Gasteiger partial charge in [0.2, 0.25) is 15.9 Å². The number of carbonyl (C=O) groups excluding carboxylic acids is 2. The number of carboxylic acid groups (broad SMARTS) is 1. The number of nitrogens with two attached hydrogens (primary N) is 1. The predicted octanol–water partition coefficient (Wildman–Crippen LogP) is 3.51. The number of nitrogens with one attached hydrogen (secondary N) is 1. The molecule has 0 radical (unpaired) electrons. The van der Waals surface area contributed by atoms with Gasteiger partial charge in [0.15, 0.2) is 0 Å². The number of aliphatic carboxylic acids is 1. The molecule has 8 nitrogen and oxygen atoms in total. The van der Waals surface area contributed by atoms with E-state index in [0.717, 1.165) is 6.54 Å². The van der Waals surface area contributed by atoms with Crippen LogP contribution in [0.4, 0.5) is 5.69 Å². The molecule has 1 aromatic rings. The van der Waals surface area contributed by atoms with Gasteiger partial charge in [-0.05, 0) is 43.5 Å². The van der Waals surface area contributed by atoms with Crippen LogP contribution in [0, 0.1) is 0 Å². The van der Waals surface area contributed by atoms with Crippen LogP contribution in [0.25, 0.3) is 0 Å². The van der Waals surface area contributed by atoms with Crippen LogP contribution in [0.2, 0.25) is 0 Å². The molecule has 0 spiro atoms. The highest BCUT2D eigenvalue weighted by atomic mass is 32.2. The van der Waals surface area contributed by atoms with Gasteiger partial charge in [0.05, 0.1) is 11.4 Å². The Kier molecular flexibility index (Phi) is 20.1. The van der Waals surface area contributed by atoms with E-state index in [1.54, 1.807) is 0 Å². The van der Waals surface area contributed by atoms with Crippen LogP contribution in [0.1, 0.15) is 110 Å². The molecule has 0 aromatic heterocycles. The van der Waals surface area contributed by atoms with Crippen LogP contribution in [-0.2, 0) is 19.6 Å². The number of benzene rings is 1. The molecule has 1 rings (SSSR count). The molecule has 35 heavy (non-hydrogen) atoms. The Morgan fingerprint density at radius 2 is 1.23 bits per heavy atom. The van der Waals surface area contributed by atoms with Crippen molar-refractivity contribution in [3.05, 3.63) is 24.3 Å². The van der Waals surface area contributed by atoms with Crippen molar-refractivity contribution in [2.24, 2.45) is 5.14 Å². The highest BCUT2D eigenvalue weighted by Crippen LogP contribution is 2.14. The summed E-state index contributed by atoms with van der Waals surface area (Å²) in [6.45, 7) is 3.41. The average molecular weight is 514 g/mol. The lowest BCUT2D eigenvalue weighted by Gasteiger charge is -2.06. The molecule has 9 heteroatoms. The molecule has 0 aliphatic heterocycles. The third-order valence-corrected chi connectivity index (χ3v) is 6.56. The molecule has 6 N–H and O–H groups in total. The number of sulfonamides is 1. The standard InChI is InChI=1S/C16H35N.C10H12N2O5S/c1-2-3-4-5-6-7-8-9-10-11-12-13-14-15-16-17;11-18(16,17)8-3-1-7(2-4-8)12-9(13)5-6-10(14)15/h2-17H2,1H3;1-4H,5-6H2,(H,12,13)(H,14,15)(H2,11,16,17). The fourth-order valence-electron chi connectivity index (χ4n) is 3.54. The maximum absolute atomic E-state index is 11.3. The van der Waals surface area contributed by atoms with E-state index in [1.165, 1.54) is 114 Å². The molecule has 0 unspecified atom stereocenters. The smallest absolute Gasteiger partial charge is 0.238 e. The predicted molar refractivity (Wildman–Crippen MR) is 139 cm³/mol. The van der Waals surface area contributed by atoms with E-state index in [1.807, 2.05) is 0 Å². The lowest BCUT2D eigenvalue weighted by Crippen LogP contribution is -2.50. The molecule has 0 bridgehead atoms. The van der Waals surface area contributed by atoms with Crippen molar-refractivity contribution in [3.63, 3.8) is 0 Å². The minimum Gasteiger partial charge on any atom is -0.550 e. The molecule has 0 aliphatic carbocycles. The molecule has 0 aliphatic rings.